The van der Waals surface area contributed by atoms with Gasteiger partial charge in [-0.15, -0.1) is 0 Å². The van der Waals surface area contributed by atoms with Crippen LogP contribution < -0.4 is 5.32 Å². The summed E-state index contributed by atoms with van der Waals surface area (Å²) < 4.78 is 10.2. The molecule has 1 aliphatic heterocycles. The molecule has 1 N–H and O–H groups in total. The van der Waals surface area contributed by atoms with Crippen molar-refractivity contribution >= 4 is 23.5 Å². The highest BCUT2D eigenvalue weighted by molar-refractivity contribution is 6.30. The van der Waals surface area contributed by atoms with Crippen molar-refractivity contribution in [3.63, 3.8) is 0 Å². The van der Waals surface area contributed by atoms with Crippen molar-refractivity contribution in [1.29, 1.82) is 0 Å². The van der Waals surface area contributed by atoms with E-state index in [2.05, 4.69) is 5.32 Å². The number of methoxy groups -OCH3 is 1. The van der Waals surface area contributed by atoms with Gasteiger partial charge in [-0.05, 0) is 24.6 Å². The van der Waals surface area contributed by atoms with E-state index < -0.39 is 16.9 Å². The van der Waals surface area contributed by atoms with Gasteiger partial charge in [0.25, 0.3) is 0 Å². The second kappa shape index (κ2) is 5.74. The van der Waals surface area contributed by atoms with Crippen molar-refractivity contribution in [2.75, 3.05) is 13.7 Å². The number of fused-ring (bicyclic) bond motifs is 1. The first-order valence-electron chi connectivity index (χ1n) is 8.08. The maximum absolute atomic E-state index is 12.5. The SMILES string of the molecule is CCOC(=O)[C@@H]1[C@@]2(C)[C@@H](C(=O)OC)N[C@@H](c3ccc(Cl)cc3)[C@@]12C. The fraction of sp³-hybridized carbons (Fsp3) is 0.556. The lowest BCUT2D eigenvalue weighted by Crippen LogP contribution is -2.43. The topological polar surface area (TPSA) is 64.6 Å². The van der Waals surface area contributed by atoms with Crippen LogP contribution in [0.4, 0.5) is 0 Å². The number of rotatable bonds is 4. The Morgan fingerprint density at radius 3 is 2.33 bits per heavy atom. The Morgan fingerprint density at radius 2 is 1.79 bits per heavy atom. The monoisotopic (exact) mass is 351 g/mol. The van der Waals surface area contributed by atoms with Crippen LogP contribution in [-0.2, 0) is 19.1 Å². The molecule has 2 fully saturated rings. The van der Waals surface area contributed by atoms with Crippen molar-refractivity contribution in [3.8, 4) is 0 Å². The van der Waals surface area contributed by atoms with Gasteiger partial charge in [0.05, 0.1) is 19.6 Å². The zero-order chi connectivity index (χ0) is 17.7. The predicted octanol–water partition coefficient (Wildman–Crippen LogP) is 2.73. The third kappa shape index (κ3) is 2.11. The first kappa shape index (κ1) is 17.2. The molecule has 5 atom stereocenters. The van der Waals surface area contributed by atoms with E-state index in [1.807, 2.05) is 38.1 Å². The molecule has 0 aromatic heterocycles. The molecule has 1 aliphatic carbocycles. The van der Waals surface area contributed by atoms with Gasteiger partial charge in [-0.25, -0.2) is 0 Å². The van der Waals surface area contributed by atoms with Gasteiger partial charge in [-0.3, -0.25) is 14.9 Å². The molecule has 1 aromatic carbocycles. The molecule has 6 heteroatoms. The molecule has 0 spiro atoms. The van der Waals surface area contributed by atoms with Crippen molar-refractivity contribution in [3.05, 3.63) is 34.9 Å². The number of carbonyl (C=O) groups excluding carboxylic acids is 2. The van der Waals surface area contributed by atoms with Crippen LogP contribution in [0.2, 0.25) is 5.02 Å². The fourth-order valence-electron chi connectivity index (χ4n) is 4.57. The quantitative estimate of drug-likeness (QED) is 0.845. The number of ether oxygens (including phenoxy) is 2. The van der Waals surface area contributed by atoms with E-state index in [0.717, 1.165) is 5.56 Å². The summed E-state index contributed by atoms with van der Waals surface area (Å²) in [5, 5.41) is 4.00. The smallest absolute Gasteiger partial charge is 0.323 e. The average molecular weight is 352 g/mol. The fourth-order valence-corrected chi connectivity index (χ4v) is 4.69. The van der Waals surface area contributed by atoms with Crippen LogP contribution in [0.5, 0.6) is 0 Å². The molecule has 1 saturated carbocycles. The molecular weight excluding hydrogens is 330 g/mol. The number of benzene rings is 1. The van der Waals surface area contributed by atoms with E-state index in [9.17, 15) is 9.59 Å². The zero-order valence-electron chi connectivity index (χ0n) is 14.3. The molecule has 2 aliphatic rings. The van der Waals surface area contributed by atoms with Gasteiger partial charge in [0.1, 0.15) is 6.04 Å². The van der Waals surface area contributed by atoms with E-state index in [1.165, 1.54) is 7.11 Å². The minimum atomic E-state index is -0.553. The Morgan fingerprint density at radius 1 is 1.17 bits per heavy atom. The molecule has 130 valence electrons. The lowest BCUT2D eigenvalue weighted by Gasteiger charge is -2.25. The molecule has 0 radical (unpaired) electrons. The van der Waals surface area contributed by atoms with Gasteiger partial charge in [-0.2, -0.15) is 0 Å². The van der Waals surface area contributed by atoms with Crippen LogP contribution in [0, 0.1) is 16.7 Å². The Kier molecular flexibility index (Phi) is 4.12. The third-order valence-electron chi connectivity index (χ3n) is 5.97. The number of carbonyl (C=O) groups is 2. The highest BCUT2D eigenvalue weighted by Gasteiger charge is 2.85. The Hall–Kier alpha value is -1.59. The van der Waals surface area contributed by atoms with E-state index >= 15 is 0 Å². The first-order valence-corrected chi connectivity index (χ1v) is 8.46. The molecular formula is C18H22ClNO4. The molecule has 24 heavy (non-hydrogen) atoms. The van der Waals surface area contributed by atoms with E-state index in [4.69, 9.17) is 21.1 Å². The van der Waals surface area contributed by atoms with Gasteiger partial charge in [0, 0.05) is 21.9 Å². The van der Waals surface area contributed by atoms with Crippen molar-refractivity contribution in [2.24, 2.45) is 16.7 Å². The van der Waals surface area contributed by atoms with Gasteiger partial charge >= 0.3 is 11.9 Å². The minimum Gasteiger partial charge on any atom is -0.468 e. The minimum absolute atomic E-state index is 0.154. The van der Waals surface area contributed by atoms with Gasteiger partial charge in [-0.1, -0.05) is 37.6 Å². The number of nitrogens with one attached hydrogen (secondary N) is 1. The molecule has 5 nitrogen and oxygen atoms in total. The third-order valence-corrected chi connectivity index (χ3v) is 6.22. The normalized spacial score (nSPS) is 36.8. The van der Waals surface area contributed by atoms with Crippen LogP contribution >= 0.6 is 11.6 Å². The van der Waals surface area contributed by atoms with Crippen LogP contribution in [0.1, 0.15) is 32.4 Å². The van der Waals surface area contributed by atoms with Crippen LogP contribution in [0.15, 0.2) is 24.3 Å². The maximum Gasteiger partial charge on any atom is 0.323 e. The van der Waals surface area contributed by atoms with E-state index in [0.29, 0.717) is 11.6 Å². The van der Waals surface area contributed by atoms with E-state index in [-0.39, 0.29) is 23.9 Å². The summed E-state index contributed by atoms with van der Waals surface area (Å²) in [6.45, 7) is 6.10. The summed E-state index contributed by atoms with van der Waals surface area (Å²) in [4.78, 5) is 24.8. The molecule has 1 heterocycles. The lowest BCUT2D eigenvalue weighted by molar-refractivity contribution is -0.148. The second-order valence-electron chi connectivity index (χ2n) is 6.86. The molecule has 0 amide bonds. The summed E-state index contributed by atoms with van der Waals surface area (Å²) in [6, 6.07) is 6.76. The van der Waals surface area contributed by atoms with E-state index in [1.54, 1.807) is 6.92 Å². The summed E-state index contributed by atoms with van der Waals surface area (Å²) in [7, 11) is 1.36. The lowest BCUT2D eigenvalue weighted by atomic mass is 9.87. The molecule has 0 unspecified atom stereocenters. The summed E-state index contributed by atoms with van der Waals surface area (Å²) in [6.07, 6.45) is 0. The van der Waals surface area contributed by atoms with Crippen LogP contribution in [0.25, 0.3) is 0 Å². The van der Waals surface area contributed by atoms with Crippen LogP contribution in [-0.4, -0.2) is 31.7 Å². The van der Waals surface area contributed by atoms with Crippen LogP contribution in [0.3, 0.4) is 0 Å². The average Bonchev–Trinajstić information content (AvgIpc) is 2.96. The zero-order valence-corrected chi connectivity index (χ0v) is 15.0. The highest BCUT2D eigenvalue weighted by atomic mass is 35.5. The Balaban J connectivity index is 2.01. The largest absolute Gasteiger partial charge is 0.468 e. The molecule has 3 rings (SSSR count). The molecule has 1 aromatic rings. The standard InChI is InChI=1S/C18H22ClNO4/c1-5-24-15(21)12-17(2)13(10-6-8-11(19)9-7-10)20-14(16(22)23-4)18(12,17)3/h6-9,12-14,20H,5H2,1-4H3/t12-,13-,14+,17+,18-/m0/s1. The second-order valence-corrected chi connectivity index (χ2v) is 7.29. The number of piperidine rings is 1. The number of esters is 2. The highest BCUT2D eigenvalue weighted by Crippen LogP contribution is 2.79. The molecule has 0 bridgehead atoms. The van der Waals surface area contributed by atoms with Gasteiger partial charge in [0.2, 0.25) is 0 Å². The summed E-state index contributed by atoms with van der Waals surface area (Å²) in [5.74, 6) is -0.958. The van der Waals surface area contributed by atoms with Crippen molar-refractivity contribution < 1.29 is 19.1 Å². The van der Waals surface area contributed by atoms with Crippen molar-refractivity contribution in [2.45, 2.75) is 32.9 Å². The Labute approximate surface area is 146 Å². The maximum atomic E-state index is 12.5. The summed E-state index contributed by atoms with van der Waals surface area (Å²) >= 11 is 5.98. The van der Waals surface area contributed by atoms with Crippen molar-refractivity contribution in [1.82, 2.24) is 5.32 Å². The van der Waals surface area contributed by atoms with Gasteiger partial charge < -0.3 is 9.47 Å². The number of hydrogen-bond donors (Lipinski definition) is 1. The Bertz CT molecular complexity index is 676. The summed E-state index contributed by atoms with van der Waals surface area (Å²) in [5.41, 5.74) is 0.0223. The van der Waals surface area contributed by atoms with Gasteiger partial charge in [0.15, 0.2) is 0 Å². The first-order chi connectivity index (χ1) is 11.3. The number of halogens is 1. The number of hydrogen-bond acceptors (Lipinski definition) is 5. The predicted molar refractivity (Wildman–Crippen MR) is 89.5 cm³/mol. The molecule has 1 saturated heterocycles.